The molecule has 0 unspecified atom stereocenters. The van der Waals surface area contributed by atoms with Crippen molar-refractivity contribution in [2.75, 3.05) is 13.2 Å². The zero-order valence-electron chi connectivity index (χ0n) is 12.4. The molecular weight excluding hydrogens is 268 g/mol. The SMILES string of the molecule is CC(C)c1nc2ccc(C(=O)O)cc2n1C1CCOCC1. The largest absolute Gasteiger partial charge is 0.478 e. The van der Waals surface area contributed by atoms with E-state index in [0.29, 0.717) is 17.5 Å². The monoisotopic (exact) mass is 288 g/mol. The summed E-state index contributed by atoms with van der Waals surface area (Å²) in [6, 6.07) is 5.51. The van der Waals surface area contributed by atoms with E-state index in [9.17, 15) is 9.90 Å². The van der Waals surface area contributed by atoms with E-state index in [-0.39, 0.29) is 0 Å². The molecule has 5 heteroatoms. The van der Waals surface area contributed by atoms with E-state index in [0.717, 1.165) is 42.9 Å². The summed E-state index contributed by atoms with van der Waals surface area (Å²) in [4.78, 5) is 15.9. The highest BCUT2D eigenvalue weighted by molar-refractivity contribution is 5.92. The Kier molecular flexibility index (Phi) is 3.68. The minimum Gasteiger partial charge on any atom is -0.478 e. The molecule has 0 spiro atoms. The highest BCUT2D eigenvalue weighted by Crippen LogP contribution is 2.31. The number of hydrogen-bond acceptors (Lipinski definition) is 3. The fourth-order valence-electron chi connectivity index (χ4n) is 2.98. The Morgan fingerprint density at radius 2 is 2.10 bits per heavy atom. The summed E-state index contributed by atoms with van der Waals surface area (Å²) < 4.78 is 7.68. The van der Waals surface area contributed by atoms with Crippen LogP contribution in [0.2, 0.25) is 0 Å². The van der Waals surface area contributed by atoms with Crippen LogP contribution in [0.25, 0.3) is 11.0 Å². The molecule has 2 aromatic rings. The molecule has 21 heavy (non-hydrogen) atoms. The molecule has 112 valence electrons. The summed E-state index contributed by atoms with van der Waals surface area (Å²) >= 11 is 0. The number of fused-ring (bicyclic) bond motifs is 1. The number of imidazole rings is 1. The number of rotatable bonds is 3. The van der Waals surface area contributed by atoms with Gasteiger partial charge in [0.1, 0.15) is 5.82 Å². The molecule has 0 aliphatic carbocycles. The fraction of sp³-hybridized carbons (Fsp3) is 0.500. The number of carbonyl (C=O) groups is 1. The molecule has 1 aliphatic heterocycles. The van der Waals surface area contributed by atoms with Gasteiger partial charge in [-0.3, -0.25) is 0 Å². The number of aromatic nitrogens is 2. The second kappa shape index (κ2) is 5.48. The van der Waals surface area contributed by atoms with Gasteiger partial charge < -0.3 is 14.4 Å². The Balaban J connectivity index is 2.18. The number of hydrogen-bond donors (Lipinski definition) is 1. The maximum atomic E-state index is 11.2. The second-order valence-electron chi connectivity index (χ2n) is 5.85. The van der Waals surface area contributed by atoms with E-state index >= 15 is 0 Å². The minimum absolute atomic E-state index is 0.300. The van der Waals surface area contributed by atoms with Crippen molar-refractivity contribution in [3.63, 3.8) is 0 Å². The third kappa shape index (κ3) is 2.53. The Hall–Kier alpha value is -1.88. The Labute approximate surface area is 123 Å². The number of ether oxygens (including phenoxy) is 1. The van der Waals surface area contributed by atoms with Crippen LogP contribution >= 0.6 is 0 Å². The summed E-state index contributed by atoms with van der Waals surface area (Å²) in [5.74, 6) is 0.427. The van der Waals surface area contributed by atoms with Crippen LogP contribution in [-0.4, -0.2) is 33.8 Å². The zero-order valence-corrected chi connectivity index (χ0v) is 12.4. The lowest BCUT2D eigenvalue weighted by Gasteiger charge is -2.26. The van der Waals surface area contributed by atoms with Crippen molar-refractivity contribution in [3.8, 4) is 0 Å². The average Bonchev–Trinajstić information content (AvgIpc) is 2.86. The van der Waals surface area contributed by atoms with Crippen molar-refractivity contribution in [1.82, 2.24) is 9.55 Å². The molecule has 1 N–H and O–H groups in total. The van der Waals surface area contributed by atoms with Gasteiger partial charge in [0.2, 0.25) is 0 Å². The maximum absolute atomic E-state index is 11.2. The van der Waals surface area contributed by atoms with Crippen LogP contribution in [0.1, 0.15) is 54.8 Å². The predicted octanol–water partition coefficient (Wildman–Crippen LogP) is 3.21. The summed E-state index contributed by atoms with van der Waals surface area (Å²) in [5, 5.41) is 9.21. The number of aromatic carboxylic acids is 1. The molecule has 1 aliphatic rings. The van der Waals surface area contributed by atoms with Gasteiger partial charge in [0.15, 0.2) is 0 Å². The Bertz CT molecular complexity index is 669. The Morgan fingerprint density at radius 3 is 2.71 bits per heavy atom. The first kappa shape index (κ1) is 14.1. The van der Waals surface area contributed by atoms with E-state index in [1.54, 1.807) is 18.2 Å². The molecule has 1 aromatic heterocycles. The van der Waals surface area contributed by atoms with Crippen molar-refractivity contribution in [1.29, 1.82) is 0 Å². The third-order valence-electron chi connectivity index (χ3n) is 4.04. The molecular formula is C16H20N2O3. The molecule has 0 bridgehead atoms. The lowest BCUT2D eigenvalue weighted by molar-refractivity contribution is 0.0689. The summed E-state index contributed by atoms with van der Waals surface area (Å²) in [6.07, 6.45) is 1.89. The first-order valence-corrected chi connectivity index (χ1v) is 7.41. The first-order valence-electron chi connectivity index (χ1n) is 7.41. The van der Waals surface area contributed by atoms with Crippen molar-refractivity contribution in [2.45, 2.75) is 38.6 Å². The van der Waals surface area contributed by atoms with Gasteiger partial charge in [-0.25, -0.2) is 9.78 Å². The van der Waals surface area contributed by atoms with Crippen molar-refractivity contribution < 1.29 is 14.6 Å². The number of carboxylic acids is 1. The van der Waals surface area contributed by atoms with Crippen LogP contribution in [0.5, 0.6) is 0 Å². The van der Waals surface area contributed by atoms with Gasteiger partial charge in [-0.05, 0) is 31.0 Å². The van der Waals surface area contributed by atoms with Crippen molar-refractivity contribution >= 4 is 17.0 Å². The highest BCUT2D eigenvalue weighted by Gasteiger charge is 2.23. The number of nitrogens with zero attached hydrogens (tertiary/aromatic N) is 2. The fourth-order valence-corrected chi connectivity index (χ4v) is 2.98. The molecule has 0 saturated carbocycles. The van der Waals surface area contributed by atoms with Gasteiger partial charge in [0.25, 0.3) is 0 Å². The second-order valence-corrected chi connectivity index (χ2v) is 5.85. The molecule has 5 nitrogen and oxygen atoms in total. The van der Waals surface area contributed by atoms with E-state index < -0.39 is 5.97 Å². The zero-order chi connectivity index (χ0) is 15.0. The molecule has 0 atom stereocenters. The normalized spacial score (nSPS) is 16.7. The Morgan fingerprint density at radius 1 is 1.38 bits per heavy atom. The van der Waals surface area contributed by atoms with Crippen molar-refractivity contribution in [3.05, 3.63) is 29.6 Å². The molecule has 1 aromatic carbocycles. The minimum atomic E-state index is -0.900. The first-order chi connectivity index (χ1) is 10.1. The number of benzene rings is 1. The van der Waals surface area contributed by atoms with Crippen molar-refractivity contribution in [2.24, 2.45) is 0 Å². The molecule has 0 radical (unpaired) electrons. The van der Waals surface area contributed by atoms with Gasteiger partial charge in [0, 0.05) is 25.2 Å². The topological polar surface area (TPSA) is 64.3 Å². The van der Waals surface area contributed by atoms with Gasteiger partial charge in [-0.2, -0.15) is 0 Å². The van der Waals surface area contributed by atoms with Gasteiger partial charge in [-0.1, -0.05) is 13.8 Å². The van der Waals surface area contributed by atoms with Gasteiger partial charge >= 0.3 is 5.97 Å². The molecule has 0 amide bonds. The van der Waals surface area contributed by atoms with Gasteiger partial charge in [0.05, 0.1) is 16.6 Å². The molecule has 1 fully saturated rings. The summed E-state index contributed by atoms with van der Waals surface area (Å²) in [6.45, 7) is 5.74. The van der Waals surface area contributed by atoms with Crippen LogP contribution in [0.15, 0.2) is 18.2 Å². The molecule has 2 heterocycles. The highest BCUT2D eigenvalue weighted by atomic mass is 16.5. The third-order valence-corrected chi connectivity index (χ3v) is 4.04. The van der Waals surface area contributed by atoms with E-state index in [4.69, 9.17) is 9.72 Å². The summed E-state index contributed by atoms with van der Waals surface area (Å²) in [7, 11) is 0. The smallest absolute Gasteiger partial charge is 0.335 e. The molecule has 1 saturated heterocycles. The van der Waals surface area contributed by atoms with Crippen LogP contribution in [0.3, 0.4) is 0 Å². The lowest BCUT2D eigenvalue weighted by Crippen LogP contribution is -2.21. The van der Waals surface area contributed by atoms with E-state index in [1.807, 2.05) is 0 Å². The average molecular weight is 288 g/mol. The van der Waals surface area contributed by atoms with Crippen LogP contribution in [-0.2, 0) is 4.74 Å². The summed E-state index contributed by atoms with van der Waals surface area (Å²) in [5.41, 5.74) is 2.10. The lowest BCUT2D eigenvalue weighted by atomic mass is 10.1. The predicted molar refractivity (Wildman–Crippen MR) is 79.9 cm³/mol. The quantitative estimate of drug-likeness (QED) is 0.942. The van der Waals surface area contributed by atoms with Crippen LogP contribution in [0.4, 0.5) is 0 Å². The number of carboxylic acid groups (broad SMARTS) is 1. The standard InChI is InChI=1S/C16H20N2O3/c1-10(2)15-17-13-4-3-11(16(19)20)9-14(13)18(15)12-5-7-21-8-6-12/h3-4,9-10,12H,5-8H2,1-2H3,(H,19,20). The van der Waals surface area contributed by atoms with Crippen LogP contribution < -0.4 is 0 Å². The van der Waals surface area contributed by atoms with Crippen LogP contribution in [0, 0.1) is 0 Å². The van der Waals surface area contributed by atoms with Gasteiger partial charge in [-0.15, -0.1) is 0 Å². The molecule has 3 rings (SSSR count). The van der Waals surface area contributed by atoms with E-state index in [1.165, 1.54) is 0 Å². The van der Waals surface area contributed by atoms with E-state index in [2.05, 4.69) is 18.4 Å². The maximum Gasteiger partial charge on any atom is 0.335 e.